The first-order chi connectivity index (χ1) is 55.2. The summed E-state index contributed by atoms with van der Waals surface area (Å²) in [5, 5.41) is 20.7. The topological polar surface area (TPSA) is 231 Å². The van der Waals surface area contributed by atoms with Gasteiger partial charge in [-0.3, -0.25) is 32.5 Å². The highest BCUT2D eigenvalue weighted by atomic mass is 31.2. The highest BCUT2D eigenvalue weighted by Gasteiger charge is 2.29. The van der Waals surface area contributed by atoms with Gasteiger partial charge >= 0.3 is 33.6 Å². The van der Waals surface area contributed by atoms with Crippen molar-refractivity contribution in [1.82, 2.24) is 0 Å². The van der Waals surface area contributed by atoms with Gasteiger partial charge in [0.1, 0.15) is 25.4 Å². The van der Waals surface area contributed by atoms with Crippen LogP contribution < -0.4 is 0 Å². The van der Waals surface area contributed by atoms with Gasteiger partial charge in [0.15, 0.2) is 6.10 Å². The van der Waals surface area contributed by atoms with Crippen molar-refractivity contribution < 1.29 is 75.8 Å². The van der Waals surface area contributed by atoms with Crippen molar-refractivity contribution in [1.29, 1.82) is 0 Å². The normalized spacial score (nSPS) is 14.8. The number of phosphoric acid groups is 2. The van der Waals surface area contributed by atoms with Gasteiger partial charge in [0.05, 0.1) is 26.4 Å². The van der Waals surface area contributed by atoms with Crippen LogP contribution in [0.5, 0.6) is 0 Å². The van der Waals surface area contributed by atoms with Crippen LogP contribution in [0.2, 0.25) is 0 Å². The smallest absolute Gasteiger partial charge is 0.463 e. The van der Waals surface area contributed by atoms with Crippen LogP contribution >= 0.6 is 15.6 Å². The van der Waals surface area contributed by atoms with Gasteiger partial charge in [0.2, 0.25) is 0 Å². The molecule has 113 heavy (non-hydrogen) atoms. The van der Waals surface area contributed by atoms with Crippen molar-refractivity contribution in [3.63, 3.8) is 0 Å². The lowest BCUT2D eigenvalue weighted by Crippen LogP contribution is -2.30. The number of aliphatic hydroxyl groups excluding tert-OH is 2. The SMILES string of the molecule is CC/C=C\C/C=C\C/C=C\C/C=C\C/C=C\C/C=C\CCCCCCC(=O)OC(COC(=O)CCCCCCCCCCC/C=C\C/C=C\C/C=C\C/C=C\C/C=C\CC)COP(=O)(O)OCC(O)COP(=O)(O)OCC(O)COC(=O)CCCCCCCCCCCCCCC/C=C\C/C=C\C/C=C\C/C=C\C/C=C\CC. The van der Waals surface area contributed by atoms with Gasteiger partial charge in [-0.15, -0.1) is 0 Å². The van der Waals surface area contributed by atoms with Crippen molar-refractivity contribution in [3.05, 3.63) is 194 Å². The van der Waals surface area contributed by atoms with Crippen molar-refractivity contribution in [3.8, 4) is 0 Å². The van der Waals surface area contributed by atoms with Gasteiger partial charge in [0.25, 0.3) is 0 Å². The maximum atomic E-state index is 13.1. The third kappa shape index (κ3) is 87.1. The Hall–Kier alpha value is -5.61. The molecule has 18 heteroatoms. The highest BCUT2D eigenvalue weighted by molar-refractivity contribution is 7.47. The van der Waals surface area contributed by atoms with Crippen LogP contribution in [0, 0.1) is 0 Å². The molecule has 0 rings (SSSR count). The minimum Gasteiger partial charge on any atom is -0.463 e. The zero-order valence-electron chi connectivity index (χ0n) is 70.5. The molecule has 0 radical (unpaired) electrons. The van der Waals surface area contributed by atoms with Gasteiger partial charge in [-0.2, -0.15) is 0 Å². The van der Waals surface area contributed by atoms with Gasteiger partial charge in [0, 0.05) is 19.3 Å². The zero-order chi connectivity index (χ0) is 82.2. The average molecular weight is 1620 g/mol. The summed E-state index contributed by atoms with van der Waals surface area (Å²) in [5.74, 6) is -1.62. The molecule has 4 N–H and O–H groups in total. The molecular formula is C95H156O16P2. The number of unbranched alkanes of at least 4 members (excludes halogenated alkanes) is 26. The van der Waals surface area contributed by atoms with Gasteiger partial charge in [-0.1, -0.05) is 344 Å². The van der Waals surface area contributed by atoms with Crippen LogP contribution in [0.1, 0.15) is 329 Å². The molecular weight excluding hydrogens is 1460 g/mol. The Kier molecular flexibility index (Phi) is 81.5. The minimum absolute atomic E-state index is 0.0660. The molecule has 0 aromatic rings. The second kappa shape index (κ2) is 85.8. The van der Waals surface area contributed by atoms with Crippen molar-refractivity contribution in [2.45, 2.75) is 347 Å². The Balaban J connectivity index is 4.68. The van der Waals surface area contributed by atoms with E-state index in [1.165, 1.54) is 83.5 Å². The number of aliphatic hydroxyl groups is 2. The highest BCUT2D eigenvalue weighted by Crippen LogP contribution is 2.45. The first-order valence-corrected chi connectivity index (χ1v) is 46.7. The number of esters is 3. The molecule has 0 saturated heterocycles. The Bertz CT molecular complexity index is 2830. The van der Waals surface area contributed by atoms with Gasteiger partial charge in [-0.25, -0.2) is 9.13 Å². The molecule has 0 bridgehead atoms. The van der Waals surface area contributed by atoms with Crippen LogP contribution in [0.15, 0.2) is 194 Å². The number of phosphoric ester groups is 2. The number of allylic oxidation sites excluding steroid dienone is 32. The van der Waals surface area contributed by atoms with E-state index in [1.54, 1.807) is 0 Å². The summed E-state index contributed by atoms with van der Waals surface area (Å²) in [7, 11) is -9.83. The van der Waals surface area contributed by atoms with Crippen LogP contribution in [0.25, 0.3) is 0 Å². The Morgan fingerprint density at radius 3 is 0.699 bits per heavy atom. The maximum Gasteiger partial charge on any atom is 0.472 e. The summed E-state index contributed by atoms with van der Waals surface area (Å²) in [5.41, 5.74) is 0. The third-order valence-corrected chi connectivity index (χ3v) is 19.7. The predicted molar refractivity (Wildman–Crippen MR) is 472 cm³/mol. The molecule has 642 valence electrons. The molecule has 0 aromatic carbocycles. The molecule has 0 aliphatic rings. The number of carbonyl (C=O) groups excluding carboxylic acids is 3. The quantitative estimate of drug-likeness (QED) is 0.0146. The molecule has 0 aromatic heterocycles. The first kappa shape index (κ1) is 107. The fourth-order valence-electron chi connectivity index (χ4n) is 11.3. The molecule has 0 amide bonds. The maximum absolute atomic E-state index is 13.1. The van der Waals surface area contributed by atoms with E-state index < -0.39 is 91.5 Å². The third-order valence-electron chi connectivity index (χ3n) is 17.8. The molecule has 0 fully saturated rings. The summed E-state index contributed by atoms with van der Waals surface area (Å²) in [6.07, 6.45) is 113. The summed E-state index contributed by atoms with van der Waals surface area (Å²) >= 11 is 0. The number of hydrogen-bond donors (Lipinski definition) is 4. The Labute approximate surface area is 687 Å². The monoisotopic (exact) mass is 1620 g/mol. The number of ether oxygens (including phenoxy) is 3. The van der Waals surface area contributed by atoms with Crippen LogP contribution in [0.4, 0.5) is 0 Å². The van der Waals surface area contributed by atoms with Crippen molar-refractivity contribution in [2.75, 3.05) is 39.6 Å². The second-order valence-corrected chi connectivity index (χ2v) is 31.5. The van der Waals surface area contributed by atoms with Crippen LogP contribution in [-0.4, -0.2) is 95.9 Å². The fraction of sp³-hybridized carbons (Fsp3) is 0.632. The lowest BCUT2D eigenvalue weighted by atomic mass is 10.0. The van der Waals surface area contributed by atoms with E-state index in [-0.39, 0.29) is 19.3 Å². The molecule has 16 nitrogen and oxygen atoms in total. The average Bonchev–Trinajstić information content (AvgIpc) is 0.902. The minimum atomic E-state index is -4.96. The first-order valence-electron chi connectivity index (χ1n) is 43.7. The van der Waals surface area contributed by atoms with E-state index in [9.17, 15) is 43.5 Å². The van der Waals surface area contributed by atoms with E-state index in [2.05, 4.69) is 215 Å². The summed E-state index contributed by atoms with van der Waals surface area (Å²) in [6.45, 7) is 2.31. The summed E-state index contributed by atoms with van der Waals surface area (Å²) < 4.78 is 61.4. The summed E-state index contributed by atoms with van der Waals surface area (Å²) in [4.78, 5) is 58.9. The van der Waals surface area contributed by atoms with Crippen LogP contribution in [-0.2, 0) is 55.8 Å². The van der Waals surface area contributed by atoms with Gasteiger partial charge < -0.3 is 34.2 Å². The van der Waals surface area contributed by atoms with E-state index in [0.717, 1.165) is 186 Å². The fourth-order valence-corrected chi connectivity index (χ4v) is 12.9. The number of rotatable bonds is 81. The molecule has 0 aliphatic carbocycles. The Morgan fingerprint density at radius 1 is 0.248 bits per heavy atom. The van der Waals surface area contributed by atoms with E-state index >= 15 is 0 Å². The van der Waals surface area contributed by atoms with E-state index in [1.807, 2.05) is 0 Å². The van der Waals surface area contributed by atoms with E-state index in [0.29, 0.717) is 19.3 Å². The van der Waals surface area contributed by atoms with E-state index in [4.69, 9.17) is 32.3 Å². The molecule has 5 unspecified atom stereocenters. The molecule has 0 spiro atoms. The second-order valence-electron chi connectivity index (χ2n) is 28.5. The van der Waals surface area contributed by atoms with Crippen LogP contribution in [0.3, 0.4) is 0 Å². The largest absolute Gasteiger partial charge is 0.472 e. The lowest BCUT2D eigenvalue weighted by Gasteiger charge is -2.21. The molecule has 0 heterocycles. The number of carbonyl (C=O) groups is 3. The number of hydrogen-bond acceptors (Lipinski definition) is 14. The van der Waals surface area contributed by atoms with Gasteiger partial charge in [-0.05, 0) is 161 Å². The molecule has 0 aliphatic heterocycles. The Morgan fingerprint density at radius 2 is 0.442 bits per heavy atom. The predicted octanol–water partition coefficient (Wildman–Crippen LogP) is 26.7. The lowest BCUT2D eigenvalue weighted by molar-refractivity contribution is -0.161. The van der Waals surface area contributed by atoms with Crippen molar-refractivity contribution in [2.24, 2.45) is 0 Å². The molecule has 0 saturated carbocycles. The summed E-state index contributed by atoms with van der Waals surface area (Å²) in [6, 6.07) is 0. The zero-order valence-corrected chi connectivity index (χ0v) is 72.3. The van der Waals surface area contributed by atoms with Crippen molar-refractivity contribution >= 4 is 33.6 Å². The molecule has 5 atom stereocenters. The standard InChI is InChI=1S/C95H156O16P2/c1-4-7-10-13-16-19-22-25-28-31-34-37-40-42-43-44-45-47-50-51-54-57-60-63-66-69-72-75-78-81-93(98)105-84-90(96)85-107-112(101,102)108-86-91(97)87-109-113(103,104)110-89-92(111-95(100)83-80-77-74-71-68-65-62-59-56-53-48-39-36-33-30-27-24-21-18-15-12-9-6-3)88-106-94(99)82-79-76-73-70-67-64-61-58-55-52-49-46-41-38-35-32-29-26-23-20-17-14-11-8-5-2/h7-12,16-21,25-30,34-39,42-43,46,49,53,56,62,65,90-92,96-97H,4-6,13-15,22-24,31-33,40-41,44-45,47-48,50-52,54-55,57-61,63-64,66-89H2,1-3H3,(H,101,102)(H,103,104)/b10-7-,11-8-,12-9-,19-16-,20-17-,21-18-,28-25-,29-26-,30-27-,37-34-,38-35-,39-36-,43-42-,49-46-,56-53-,65-62-.